The van der Waals surface area contributed by atoms with E-state index in [9.17, 15) is 13.2 Å². The molecule has 1 fully saturated rings. The average molecular weight is 337 g/mol. The first-order valence-electron chi connectivity index (χ1n) is 8.11. The first-order valence-corrected chi connectivity index (χ1v) is 9.93. The highest BCUT2D eigenvalue weighted by atomic mass is 32.2. The summed E-state index contributed by atoms with van der Waals surface area (Å²) in [6.07, 6.45) is 2.46. The molecule has 0 radical (unpaired) electrons. The third-order valence-electron chi connectivity index (χ3n) is 4.44. The summed E-state index contributed by atoms with van der Waals surface area (Å²) in [6, 6.07) is 7.91. The van der Waals surface area contributed by atoms with Crippen molar-refractivity contribution in [1.82, 2.24) is 10.6 Å². The largest absolute Gasteiger partial charge is 0.371 e. The number of para-hydroxylation sites is 1. The molecular weight excluding hydrogens is 314 g/mol. The first kappa shape index (κ1) is 16.1. The molecular formula is C16H23N3O3S. The average Bonchev–Trinajstić information content (AvgIpc) is 3.07. The molecule has 1 unspecified atom stereocenters. The maximum Gasteiger partial charge on any atom is 0.315 e. The number of amides is 2. The minimum Gasteiger partial charge on any atom is -0.371 e. The quantitative estimate of drug-likeness (QED) is 0.784. The van der Waals surface area contributed by atoms with Gasteiger partial charge >= 0.3 is 6.03 Å². The molecule has 1 aromatic rings. The van der Waals surface area contributed by atoms with Gasteiger partial charge in [0.15, 0.2) is 9.84 Å². The van der Waals surface area contributed by atoms with Crippen molar-refractivity contribution in [2.75, 3.05) is 36.0 Å². The monoisotopic (exact) mass is 337 g/mol. The van der Waals surface area contributed by atoms with Crippen LogP contribution in [0.5, 0.6) is 0 Å². The number of hydrogen-bond acceptors (Lipinski definition) is 4. The van der Waals surface area contributed by atoms with Crippen LogP contribution in [0, 0.1) is 0 Å². The van der Waals surface area contributed by atoms with Gasteiger partial charge in [-0.3, -0.25) is 0 Å². The fourth-order valence-corrected chi connectivity index (χ4v) is 4.93. The highest BCUT2D eigenvalue weighted by Gasteiger charge is 2.28. The summed E-state index contributed by atoms with van der Waals surface area (Å²) >= 11 is 0. The Kier molecular flexibility index (Phi) is 4.75. The number of urea groups is 1. The normalized spacial score (nSPS) is 21.9. The van der Waals surface area contributed by atoms with Gasteiger partial charge in [-0.1, -0.05) is 18.2 Å². The Bertz CT molecular complexity index is 675. The number of rotatable bonds is 5. The lowest BCUT2D eigenvalue weighted by Crippen LogP contribution is -2.43. The van der Waals surface area contributed by atoms with Gasteiger partial charge in [-0.15, -0.1) is 0 Å². The number of benzene rings is 1. The van der Waals surface area contributed by atoms with E-state index >= 15 is 0 Å². The Morgan fingerprint density at radius 1 is 1.30 bits per heavy atom. The number of carbonyl (C=O) groups excluding carboxylic acids is 1. The molecule has 1 saturated heterocycles. The molecule has 3 rings (SSSR count). The van der Waals surface area contributed by atoms with E-state index in [1.165, 1.54) is 11.3 Å². The third-order valence-corrected chi connectivity index (χ3v) is 6.21. The van der Waals surface area contributed by atoms with E-state index in [2.05, 4.69) is 39.8 Å². The van der Waals surface area contributed by atoms with Crippen molar-refractivity contribution < 1.29 is 13.2 Å². The standard InChI is InChI=1S/C16H23N3O3S/c20-16(18-14-7-11-23(21,22)12-14)17-8-3-9-19-10-6-13-4-1-2-5-15(13)19/h1-2,4-5,14H,3,6-12H2,(H2,17,18,20). The first-order chi connectivity index (χ1) is 11.0. The van der Waals surface area contributed by atoms with E-state index in [-0.39, 0.29) is 23.6 Å². The van der Waals surface area contributed by atoms with E-state index in [0.717, 1.165) is 25.9 Å². The third kappa shape index (κ3) is 4.16. The van der Waals surface area contributed by atoms with E-state index in [0.29, 0.717) is 13.0 Å². The molecule has 7 heteroatoms. The summed E-state index contributed by atoms with van der Waals surface area (Å²) < 4.78 is 22.7. The smallest absolute Gasteiger partial charge is 0.315 e. The van der Waals surface area contributed by atoms with Crippen LogP contribution in [-0.4, -0.2) is 51.6 Å². The van der Waals surface area contributed by atoms with Gasteiger partial charge in [-0.25, -0.2) is 13.2 Å². The fourth-order valence-electron chi connectivity index (χ4n) is 3.26. The van der Waals surface area contributed by atoms with Gasteiger partial charge in [0, 0.05) is 31.4 Å². The van der Waals surface area contributed by atoms with E-state index in [1.54, 1.807) is 0 Å². The molecule has 0 spiro atoms. The molecule has 1 aromatic carbocycles. The second-order valence-electron chi connectivity index (χ2n) is 6.22. The van der Waals surface area contributed by atoms with Crippen LogP contribution < -0.4 is 15.5 Å². The summed E-state index contributed by atoms with van der Waals surface area (Å²) in [5.41, 5.74) is 2.69. The number of nitrogens with one attached hydrogen (secondary N) is 2. The van der Waals surface area contributed by atoms with Crippen molar-refractivity contribution >= 4 is 21.6 Å². The summed E-state index contributed by atoms with van der Waals surface area (Å²) in [7, 11) is -2.95. The minimum atomic E-state index is -2.95. The zero-order valence-electron chi connectivity index (χ0n) is 13.1. The molecule has 0 bridgehead atoms. The number of nitrogens with zero attached hydrogens (tertiary/aromatic N) is 1. The van der Waals surface area contributed by atoms with E-state index in [1.807, 2.05) is 0 Å². The molecule has 0 aromatic heterocycles. The topological polar surface area (TPSA) is 78.5 Å². The van der Waals surface area contributed by atoms with Crippen LogP contribution in [0.4, 0.5) is 10.5 Å². The summed E-state index contributed by atoms with van der Waals surface area (Å²) in [5, 5.41) is 5.55. The Hall–Kier alpha value is -1.76. The molecule has 2 aliphatic heterocycles. The molecule has 0 aliphatic carbocycles. The van der Waals surface area contributed by atoms with Crippen molar-refractivity contribution in [3.8, 4) is 0 Å². The van der Waals surface area contributed by atoms with Crippen LogP contribution in [0.1, 0.15) is 18.4 Å². The van der Waals surface area contributed by atoms with Crippen molar-refractivity contribution in [2.45, 2.75) is 25.3 Å². The van der Waals surface area contributed by atoms with Crippen LogP contribution in [0.15, 0.2) is 24.3 Å². The Morgan fingerprint density at radius 3 is 2.91 bits per heavy atom. The van der Waals surface area contributed by atoms with Gasteiger partial charge in [0.05, 0.1) is 11.5 Å². The lowest BCUT2D eigenvalue weighted by Gasteiger charge is -2.19. The van der Waals surface area contributed by atoms with Crippen molar-refractivity contribution in [2.24, 2.45) is 0 Å². The predicted octanol–water partition coefficient (Wildman–Crippen LogP) is 0.925. The van der Waals surface area contributed by atoms with Crippen molar-refractivity contribution in [1.29, 1.82) is 0 Å². The maximum atomic E-state index is 11.8. The lowest BCUT2D eigenvalue weighted by atomic mass is 10.2. The van der Waals surface area contributed by atoms with Gasteiger partial charge in [-0.05, 0) is 30.9 Å². The highest BCUT2D eigenvalue weighted by molar-refractivity contribution is 7.91. The number of fused-ring (bicyclic) bond motifs is 1. The summed E-state index contributed by atoms with van der Waals surface area (Å²) in [5.74, 6) is 0.233. The molecule has 2 amide bonds. The predicted molar refractivity (Wildman–Crippen MR) is 90.6 cm³/mol. The van der Waals surface area contributed by atoms with Gasteiger partial charge in [0.2, 0.25) is 0 Å². The SMILES string of the molecule is O=C(NCCCN1CCc2ccccc21)NC1CCS(=O)(=O)C1. The van der Waals surface area contributed by atoms with Gasteiger partial charge in [0.25, 0.3) is 0 Å². The van der Waals surface area contributed by atoms with E-state index in [4.69, 9.17) is 0 Å². The minimum absolute atomic E-state index is 0.0605. The summed E-state index contributed by atoms with van der Waals surface area (Å²) in [4.78, 5) is 14.1. The summed E-state index contributed by atoms with van der Waals surface area (Å²) in [6.45, 7) is 2.53. The van der Waals surface area contributed by atoms with Gasteiger partial charge < -0.3 is 15.5 Å². The van der Waals surface area contributed by atoms with Crippen molar-refractivity contribution in [3.63, 3.8) is 0 Å². The van der Waals surface area contributed by atoms with Crippen LogP contribution in [0.25, 0.3) is 0 Å². The van der Waals surface area contributed by atoms with Crippen LogP contribution in [0.3, 0.4) is 0 Å². The molecule has 126 valence electrons. The second-order valence-corrected chi connectivity index (χ2v) is 8.45. The van der Waals surface area contributed by atoms with Gasteiger partial charge in [0.1, 0.15) is 0 Å². The molecule has 23 heavy (non-hydrogen) atoms. The number of anilines is 1. The maximum absolute atomic E-state index is 11.8. The van der Waals surface area contributed by atoms with Crippen LogP contribution >= 0.6 is 0 Å². The highest BCUT2D eigenvalue weighted by Crippen LogP contribution is 2.27. The number of carbonyl (C=O) groups is 1. The fraction of sp³-hybridized carbons (Fsp3) is 0.562. The molecule has 1 atom stereocenters. The molecule has 6 nitrogen and oxygen atoms in total. The van der Waals surface area contributed by atoms with E-state index < -0.39 is 9.84 Å². The zero-order valence-corrected chi connectivity index (χ0v) is 13.9. The zero-order chi connectivity index (χ0) is 16.3. The van der Waals surface area contributed by atoms with Crippen LogP contribution in [0.2, 0.25) is 0 Å². The second kappa shape index (κ2) is 6.78. The molecule has 2 N–H and O–H groups in total. The molecule has 0 saturated carbocycles. The molecule has 2 heterocycles. The molecule has 2 aliphatic rings. The Morgan fingerprint density at radius 2 is 2.13 bits per heavy atom. The van der Waals surface area contributed by atoms with Gasteiger partial charge in [-0.2, -0.15) is 0 Å². The van der Waals surface area contributed by atoms with Crippen LogP contribution in [-0.2, 0) is 16.3 Å². The Labute approximate surface area is 137 Å². The Balaban J connectivity index is 1.35. The lowest BCUT2D eigenvalue weighted by molar-refractivity contribution is 0.238. The van der Waals surface area contributed by atoms with Crippen molar-refractivity contribution in [3.05, 3.63) is 29.8 Å². The number of hydrogen-bond donors (Lipinski definition) is 2. The number of sulfone groups is 1.